The third-order valence-electron chi connectivity index (χ3n) is 7.25. The SMILES string of the molecule is CCC(C)(C)C1CCC(CC(=O)NS(=O)(=O)c2cc3c(cc2OC)CCC3)CC1. The molecule has 0 spiro atoms. The Kier molecular flexibility index (Phi) is 6.61. The van der Waals surface area contributed by atoms with Gasteiger partial charge in [-0.1, -0.05) is 27.2 Å². The zero-order valence-corrected chi connectivity index (χ0v) is 19.0. The molecule has 0 radical (unpaired) electrons. The van der Waals surface area contributed by atoms with Gasteiger partial charge in [0.2, 0.25) is 5.91 Å². The molecule has 6 heteroatoms. The number of hydrogen-bond acceptors (Lipinski definition) is 4. The molecule has 2 aliphatic rings. The van der Waals surface area contributed by atoms with Crippen molar-refractivity contribution >= 4 is 15.9 Å². The van der Waals surface area contributed by atoms with Crippen LogP contribution in [0.4, 0.5) is 0 Å². The van der Waals surface area contributed by atoms with Crippen molar-refractivity contribution in [2.45, 2.75) is 83.5 Å². The average molecular weight is 422 g/mol. The van der Waals surface area contributed by atoms with E-state index in [2.05, 4.69) is 25.5 Å². The van der Waals surface area contributed by atoms with Crippen molar-refractivity contribution in [3.8, 4) is 5.75 Å². The van der Waals surface area contributed by atoms with Gasteiger partial charge in [-0.2, -0.15) is 0 Å². The van der Waals surface area contributed by atoms with E-state index in [4.69, 9.17) is 4.74 Å². The Morgan fingerprint density at radius 1 is 1.14 bits per heavy atom. The zero-order valence-electron chi connectivity index (χ0n) is 18.2. The molecule has 0 saturated heterocycles. The lowest BCUT2D eigenvalue weighted by atomic mass is 9.67. The maximum Gasteiger partial charge on any atom is 0.267 e. The standard InChI is InChI=1S/C23H35NO4S/c1-5-23(2,3)19-11-9-16(10-12-19)13-22(25)24-29(26,27)21-15-18-8-6-7-17(18)14-20(21)28-4/h14-16,19H,5-13H2,1-4H3,(H,24,25). The minimum absolute atomic E-state index is 0.0717. The molecule has 162 valence electrons. The number of rotatable bonds is 7. The van der Waals surface area contributed by atoms with Crippen LogP contribution in [0.25, 0.3) is 0 Å². The first kappa shape index (κ1) is 22.1. The second-order valence-electron chi connectivity index (χ2n) is 9.42. The highest BCUT2D eigenvalue weighted by molar-refractivity contribution is 7.90. The number of methoxy groups -OCH3 is 1. The predicted octanol–water partition coefficient (Wildman–Crippen LogP) is 4.62. The average Bonchev–Trinajstić information content (AvgIpc) is 3.14. The molecule has 0 unspecified atom stereocenters. The fraction of sp³-hybridized carbons (Fsp3) is 0.696. The molecule has 29 heavy (non-hydrogen) atoms. The molecular formula is C23H35NO4S. The number of hydrogen-bond donors (Lipinski definition) is 1. The quantitative estimate of drug-likeness (QED) is 0.697. The number of carbonyl (C=O) groups is 1. The van der Waals surface area contributed by atoms with Crippen LogP contribution in [0.3, 0.4) is 0 Å². The lowest BCUT2D eigenvalue weighted by molar-refractivity contribution is -0.120. The van der Waals surface area contributed by atoms with Gasteiger partial charge in [0, 0.05) is 6.42 Å². The molecule has 0 heterocycles. The molecule has 0 atom stereocenters. The topological polar surface area (TPSA) is 72.5 Å². The second-order valence-corrected chi connectivity index (χ2v) is 11.1. The number of carbonyl (C=O) groups excluding carboxylic acids is 1. The summed E-state index contributed by atoms with van der Waals surface area (Å²) in [6.07, 6.45) is 8.46. The molecule has 5 nitrogen and oxygen atoms in total. The van der Waals surface area contributed by atoms with E-state index in [1.807, 2.05) is 0 Å². The first-order chi connectivity index (χ1) is 13.7. The van der Waals surface area contributed by atoms with Crippen LogP contribution in [0.5, 0.6) is 5.75 Å². The van der Waals surface area contributed by atoms with Crippen LogP contribution in [-0.4, -0.2) is 21.4 Å². The molecule has 1 saturated carbocycles. The van der Waals surface area contributed by atoms with E-state index in [-0.39, 0.29) is 17.2 Å². The van der Waals surface area contributed by atoms with Gasteiger partial charge in [-0.25, -0.2) is 13.1 Å². The maximum absolute atomic E-state index is 12.9. The third kappa shape index (κ3) is 4.96. The molecule has 3 rings (SSSR count). The Hall–Kier alpha value is -1.56. The summed E-state index contributed by atoms with van der Waals surface area (Å²) in [4.78, 5) is 12.6. The Bertz CT molecular complexity index is 852. The van der Waals surface area contributed by atoms with Gasteiger partial charge >= 0.3 is 0 Å². The predicted molar refractivity (Wildman–Crippen MR) is 114 cm³/mol. The summed E-state index contributed by atoms with van der Waals surface area (Å²) in [5, 5.41) is 0. The van der Waals surface area contributed by atoms with Gasteiger partial charge in [-0.05, 0) is 85.5 Å². The van der Waals surface area contributed by atoms with Gasteiger partial charge in [-0.15, -0.1) is 0 Å². The van der Waals surface area contributed by atoms with E-state index in [0.29, 0.717) is 17.1 Å². The Morgan fingerprint density at radius 3 is 2.34 bits per heavy atom. The highest BCUT2D eigenvalue weighted by Crippen LogP contribution is 2.42. The van der Waals surface area contributed by atoms with E-state index in [1.165, 1.54) is 7.11 Å². The van der Waals surface area contributed by atoms with Crippen molar-refractivity contribution in [3.63, 3.8) is 0 Å². The van der Waals surface area contributed by atoms with Crippen molar-refractivity contribution in [2.75, 3.05) is 7.11 Å². The molecule has 1 amide bonds. The van der Waals surface area contributed by atoms with Gasteiger partial charge in [0.1, 0.15) is 10.6 Å². The molecule has 1 fully saturated rings. The van der Waals surface area contributed by atoms with E-state index in [9.17, 15) is 13.2 Å². The number of ether oxygens (including phenoxy) is 1. The molecule has 0 bridgehead atoms. The third-order valence-corrected chi connectivity index (χ3v) is 8.65. The summed E-state index contributed by atoms with van der Waals surface area (Å²) in [7, 11) is -2.47. The van der Waals surface area contributed by atoms with Crippen molar-refractivity contribution in [2.24, 2.45) is 17.3 Å². The van der Waals surface area contributed by atoms with E-state index < -0.39 is 15.9 Å². The van der Waals surface area contributed by atoms with Crippen LogP contribution in [0, 0.1) is 17.3 Å². The molecule has 2 aliphatic carbocycles. The van der Waals surface area contributed by atoms with Crippen molar-refractivity contribution in [3.05, 3.63) is 23.3 Å². The molecule has 1 aromatic rings. The van der Waals surface area contributed by atoms with E-state index >= 15 is 0 Å². The number of aryl methyl sites for hydroxylation is 2. The summed E-state index contributed by atoms with van der Waals surface area (Å²) in [5.41, 5.74) is 2.51. The van der Waals surface area contributed by atoms with Crippen molar-refractivity contribution < 1.29 is 17.9 Å². The normalized spacial score (nSPS) is 22.2. The van der Waals surface area contributed by atoms with E-state index in [0.717, 1.165) is 62.5 Å². The fourth-order valence-corrected chi connectivity index (χ4v) is 6.09. The number of benzene rings is 1. The summed E-state index contributed by atoms with van der Waals surface area (Å²) < 4.78 is 33.4. The molecule has 0 aliphatic heterocycles. The summed E-state index contributed by atoms with van der Waals surface area (Å²) in [6.45, 7) is 6.88. The summed E-state index contributed by atoms with van der Waals surface area (Å²) in [5.74, 6) is 0.848. The number of nitrogens with one attached hydrogen (secondary N) is 1. The highest BCUT2D eigenvalue weighted by Gasteiger charge is 2.33. The molecular weight excluding hydrogens is 386 g/mol. The number of sulfonamides is 1. The Balaban J connectivity index is 1.62. The van der Waals surface area contributed by atoms with Gasteiger partial charge in [0.15, 0.2) is 0 Å². The van der Waals surface area contributed by atoms with Crippen molar-refractivity contribution in [1.29, 1.82) is 0 Å². The van der Waals surface area contributed by atoms with Crippen LogP contribution >= 0.6 is 0 Å². The first-order valence-corrected chi connectivity index (χ1v) is 12.4. The Labute approximate surface area is 175 Å². The monoisotopic (exact) mass is 421 g/mol. The lowest BCUT2D eigenvalue weighted by Gasteiger charge is -2.38. The van der Waals surface area contributed by atoms with Gasteiger partial charge < -0.3 is 4.74 Å². The van der Waals surface area contributed by atoms with Crippen LogP contribution in [0.2, 0.25) is 0 Å². The van der Waals surface area contributed by atoms with Crippen LogP contribution in [0.15, 0.2) is 17.0 Å². The van der Waals surface area contributed by atoms with Crippen LogP contribution in [-0.2, 0) is 27.7 Å². The molecule has 1 N–H and O–H groups in total. The van der Waals surface area contributed by atoms with Gasteiger partial charge in [-0.3, -0.25) is 4.79 Å². The minimum Gasteiger partial charge on any atom is -0.495 e. The maximum atomic E-state index is 12.9. The minimum atomic E-state index is -3.94. The fourth-order valence-electron chi connectivity index (χ4n) is 4.89. The molecule has 0 aromatic heterocycles. The largest absolute Gasteiger partial charge is 0.495 e. The number of amides is 1. The highest BCUT2D eigenvalue weighted by atomic mass is 32.2. The second kappa shape index (κ2) is 8.66. The summed E-state index contributed by atoms with van der Waals surface area (Å²) in [6, 6.07) is 3.48. The van der Waals surface area contributed by atoms with Gasteiger partial charge in [0.05, 0.1) is 7.11 Å². The lowest BCUT2D eigenvalue weighted by Crippen LogP contribution is -2.34. The zero-order chi connectivity index (χ0) is 21.2. The van der Waals surface area contributed by atoms with Crippen LogP contribution in [0.1, 0.15) is 76.8 Å². The summed E-state index contributed by atoms with van der Waals surface area (Å²) >= 11 is 0. The number of fused-ring (bicyclic) bond motifs is 1. The smallest absolute Gasteiger partial charge is 0.267 e. The first-order valence-electron chi connectivity index (χ1n) is 10.9. The molecule has 1 aromatic carbocycles. The van der Waals surface area contributed by atoms with Gasteiger partial charge in [0.25, 0.3) is 10.0 Å². The van der Waals surface area contributed by atoms with Crippen molar-refractivity contribution in [1.82, 2.24) is 4.72 Å². The Morgan fingerprint density at radius 2 is 1.76 bits per heavy atom. The van der Waals surface area contributed by atoms with Crippen LogP contribution < -0.4 is 9.46 Å². The van der Waals surface area contributed by atoms with E-state index in [1.54, 1.807) is 12.1 Å².